The second-order valence-corrected chi connectivity index (χ2v) is 7.94. The SMILES string of the molecule is CSc1ncc(Br)c(C(=O)CCC(C)NCc2c(Cl)cccc2Cl)n1. The highest BCUT2D eigenvalue weighted by Crippen LogP contribution is 2.24. The molecule has 4 nitrogen and oxygen atoms in total. The molecule has 1 heterocycles. The van der Waals surface area contributed by atoms with E-state index in [1.165, 1.54) is 11.8 Å². The summed E-state index contributed by atoms with van der Waals surface area (Å²) in [5.41, 5.74) is 1.30. The molecule has 0 aliphatic heterocycles. The fourth-order valence-corrected chi connectivity index (χ4v) is 3.47. The van der Waals surface area contributed by atoms with Crippen LogP contribution in [0.4, 0.5) is 0 Å². The molecule has 1 aromatic heterocycles. The zero-order valence-electron chi connectivity index (χ0n) is 13.9. The Morgan fingerprint density at radius 2 is 2.04 bits per heavy atom. The molecule has 0 aliphatic rings. The Kier molecular flexibility index (Phi) is 8.16. The molecule has 0 fully saturated rings. The number of hydrogen-bond acceptors (Lipinski definition) is 5. The number of ketones is 1. The van der Waals surface area contributed by atoms with Crippen LogP contribution in [0.25, 0.3) is 0 Å². The van der Waals surface area contributed by atoms with Crippen LogP contribution in [0.3, 0.4) is 0 Å². The van der Waals surface area contributed by atoms with Gasteiger partial charge in [0.15, 0.2) is 10.9 Å². The Morgan fingerprint density at radius 1 is 1.36 bits per heavy atom. The molecule has 0 aliphatic carbocycles. The molecule has 0 radical (unpaired) electrons. The molecule has 0 saturated heterocycles. The van der Waals surface area contributed by atoms with Crippen molar-refractivity contribution in [1.29, 1.82) is 0 Å². The van der Waals surface area contributed by atoms with Gasteiger partial charge in [-0.25, -0.2) is 9.97 Å². The topological polar surface area (TPSA) is 54.9 Å². The van der Waals surface area contributed by atoms with Gasteiger partial charge in [0, 0.05) is 40.8 Å². The fourth-order valence-electron chi connectivity index (χ4n) is 2.19. The van der Waals surface area contributed by atoms with Crippen molar-refractivity contribution in [2.24, 2.45) is 0 Å². The van der Waals surface area contributed by atoms with Crippen LogP contribution in [0.2, 0.25) is 10.0 Å². The van der Waals surface area contributed by atoms with E-state index in [-0.39, 0.29) is 11.8 Å². The molecule has 0 saturated carbocycles. The minimum atomic E-state index is -0.00555. The average Bonchev–Trinajstić information content (AvgIpc) is 2.59. The van der Waals surface area contributed by atoms with Crippen molar-refractivity contribution in [2.75, 3.05) is 6.26 Å². The molecule has 8 heteroatoms. The van der Waals surface area contributed by atoms with Crippen LogP contribution in [-0.2, 0) is 6.54 Å². The first-order valence-electron chi connectivity index (χ1n) is 7.68. The van der Waals surface area contributed by atoms with Crippen LogP contribution >= 0.6 is 50.9 Å². The summed E-state index contributed by atoms with van der Waals surface area (Å²) < 4.78 is 0.624. The maximum absolute atomic E-state index is 12.4. The van der Waals surface area contributed by atoms with Crippen molar-refractivity contribution < 1.29 is 4.79 Å². The van der Waals surface area contributed by atoms with Gasteiger partial charge in [-0.2, -0.15) is 0 Å². The molecular formula is C17H18BrCl2N3OS. The highest BCUT2D eigenvalue weighted by Gasteiger charge is 2.15. The number of Topliss-reactive ketones (excluding diaryl/α,β-unsaturated/α-hetero) is 1. The Bertz CT molecular complexity index is 740. The van der Waals surface area contributed by atoms with Crippen LogP contribution in [0, 0.1) is 0 Å². The van der Waals surface area contributed by atoms with Crippen LogP contribution in [0.1, 0.15) is 35.8 Å². The number of carbonyl (C=O) groups is 1. The smallest absolute Gasteiger partial charge is 0.187 e. The average molecular weight is 463 g/mol. The molecule has 2 rings (SSSR count). The summed E-state index contributed by atoms with van der Waals surface area (Å²) in [6.45, 7) is 2.59. The third-order valence-electron chi connectivity index (χ3n) is 3.66. The lowest BCUT2D eigenvalue weighted by Gasteiger charge is -2.15. The number of carbonyl (C=O) groups excluding carboxylic acids is 1. The highest BCUT2D eigenvalue weighted by molar-refractivity contribution is 9.10. The maximum atomic E-state index is 12.4. The predicted molar refractivity (Wildman–Crippen MR) is 108 cm³/mol. The Hall–Kier alpha value is -0.660. The Labute approximate surface area is 170 Å². The van der Waals surface area contributed by atoms with Crippen molar-refractivity contribution in [3.63, 3.8) is 0 Å². The fraction of sp³-hybridized carbons (Fsp3) is 0.353. The van der Waals surface area contributed by atoms with E-state index in [9.17, 15) is 4.79 Å². The predicted octanol–water partition coefficient (Wildman–Crippen LogP) is 5.41. The number of aromatic nitrogens is 2. The number of halogens is 3. The molecule has 0 amide bonds. The molecule has 0 spiro atoms. The van der Waals surface area contributed by atoms with E-state index in [2.05, 4.69) is 31.2 Å². The van der Waals surface area contributed by atoms with Crippen molar-refractivity contribution in [3.8, 4) is 0 Å². The highest BCUT2D eigenvalue weighted by atomic mass is 79.9. The van der Waals surface area contributed by atoms with E-state index >= 15 is 0 Å². The number of thioether (sulfide) groups is 1. The van der Waals surface area contributed by atoms with Gasteiger partial charge in [0.1, 0.15) is 5.69 Å². The summed E-state index contributed by atoms with van der Waals surface area (Å²) >= 11 is 17.1. The lowest BCUT2D eigenvalue weighted by atomic mass is 10.1. The van der Waals surface area contributed by atoms with Gasteiger partial charge in [0.2, 0.25) is 0 Å². The number of nitrogens with zero attached hydrogens (tertiary/aromatic N) is 2. The summed E-state index contributed by atoms with van der Waals surface area (Å²) in [5, 5.41) is 5.22. The van der Waals surface area contributed by atoms with E-state index in [0.717, 1.165) is 5.56 Å². The first kappa shape index (κ1) is 20.6. The minimum absolute atomic E-state index is 0.00555. The second-order valence-electron chi connectivity index (χ2n) is 5.50. The molecule has 134 valence electrons. The number of rotatable bonds is 8. The summed E-state index contributed by atoms with van der Waals surface area (Å²) in [5.74, 6) is -0.00555. The van der Waals surface area contributed by atoms with Gasteiger partial charge < -0.3 is 5.32 Å². The van der Waals surface area contributed by atoms with Crippen LogP contribution in [0.5, 0.6) is 0 Å². The molecule has 0 bridgehead atoms. The normalized spacial score (nSPS) is 12.2. The second kappa shape index (κ2) is 9.88. The molecule has 1 unspecified atom stereocenters. The van der Waals surface area contributed by atoms with E-state index in [4.69, 9.17) is 23.2 Å². The van der Waals surface area contributed by atoms with Gasteiger partial charge in [-0.1, -0.05) is 41.0 Å². The zero-order valence-corrected chi connectivity index (χ0v) is 17.8. The van der Waals surface area contributed by atoms with Crippen LogP contribution in [-0.4, -0.2) is 28.0 Å². The van der Waals surface area contributed by atoms with Crippen molar-refractivity contribution in [2.45, 2.75) is 37.5 Å². The summed E-state index contributed by atoms with van der Waals surface area (Å²) in [4.78, 5) is 20.8. The molecule has 25 heavy (non-hydrogen) atoms. The third kappa shape index (κ3) is 5.93. The van der Waals surface area contributed by atoms with Gasteiger partial charge in [0.05, 0.1) is 4.47 Å². The van der Waals surface area contributed by atoms with Crippen LogP contribution < -0.4 is 5.32 Å². The summed E-state index contributed by atoms with van der Waals surface area (Å²) in [6.07, 6.45) is 4.58. The monoisotopic (exact) mass is 461 g/mol. The van der Waals surface area contributed by atoms with E-state index < -0.39 is 0 Å². The minimum Gasteiger partial charge on any atom is -0.310 e. The Morgan fingerprint density at radius 3 is 2.68 bits per heavy atom. The molecular weight excluding hydrogens is 445 g/mol. The molecule has 2 aromatic rings. The number of benzene rings is 1. The number of nitrogens with one attached hydrogen (secondary N) is 1. The summed E-state index contributed by atoms with van der Waals surface area (Å²) in [7, 11) is 0. The zero-order chi connectivity index (χ0) is 18.4. The van der Waals surface area contributed by atoms with Crippen molar-refractivity contribution in [1.82, 2.24) is 15.3 Å². The molecule has 1 aromatic carbocycles. The lowest BCUT2D eigenvalue weighted by Crippen LogP contribution is -2.26. The van der Waals surface area contributed by atoms with Crippen molar-refractivity contribution in [3.05, 3.63) is 50.2 Å². The first-order valence-corrected chi connectivity index (χ1v) is 10.5. The van der Waals surface area contributed by atoms with Gasteiger partial charge in [-0.05, 0) is 47.7 Å². The number of hydrogen-bond donors (Lipinski definition) is 1. The van der Waals surface area contributed by atoms with Crippen LogP contribution in [0.15, 0.2) is 34.0 Å². The standard InChI is InChI=1S/C17H18BrCl2N3OS/c1-10(21-8-11-13(19)4-3-5-14(11)20)6-7-15(24)16-12(18)9-22-17(23-16)25-2/h3-5,9-10,21H,6-8H2,1-2H3. The van der Waals surface area contributed by atoms with Gasteiger partial charge >= 0.3 is 0 Å². The Balaban J connectivity index is 1.89. The first-order chi connectivity index (χ1) is 11.9. The summed E-state index contributed by atoms with van der Waals surface area (Å²) in [6, 6.07) is 5.58. The molecule has 1 atom stereocenters. The lowest BCUT2D eigenvalue weighted by molar-refractivity contribution is 0.0970. The van der Waals surface area contributed by atoms with E-state index in [1.807, 2.05) is 31.4 Å². The van der Waals surface area contributed by atoms with Gasteiger partial charge in [0.25, 0.3) is 0 Å². The van der Waals surface area contributed by atoms with Gasteiger partial charge in [-0.15, -0.1) is 0 Å². The largest absolute Gasteiger partial charge is 0.310 e. The molecule has 1 N–H and O–H groups in total. The quantitative estimate of drug-likeness (QED) is 0.323. The third-order valence-corrected chi connectivity index (χ3v) is 5.51. The van der Waals surface area contributed by atoms with Crippen molar-refractivity contribution >= 4 is 56.7 Å². The van der Waals surface area contributed by atoms with Gasteiger partial charge in [-0.3, -0.25) is 4.79 Å². The van der Waals surface area contributed by atoms with E-state index in [0.29, 0.717) is 44.8 Å². The van der Waals surface area contributed by atoms with E-state index in [1.54, 1.807) is 6.20 Å². The maximum Gasteiger partial charge on any atom is 0.187 e.